The average molecular weight is 262 g/mol. The monoisotopic (exact) mass is 261 g/mol. The van der Waals surface area contributed by atoms with Crippen molar-refractivity contribution in [2.24, 2.45) is 0 Å². The third-order valence-corrected chi connectivity index (χ3v) is 3.26. The van der Waals surface area contributed by atoms with E-state index in [1.807, 2.05) is 0 Å². The maximum atomic E-state index is 3.97. The van der Waals surface area contributed by atoms with Crippen molar-refractivity contribution in [1.82, 2.24) is 4.90 Å². The zero-order valence-electron chi connectivity index (χ0n) is 12.1. The van der Waals surface area contributed by atoms with Crippen LogP contribution in [-0.4, -0.2) is 24.0 Å². The molecule has 1 unspecified atom stereocenters. The summed E-state index contributed by atoms with van der Waals surface area (Å²) in [6.07, 6.45) is 11.3. The van der Waals surface area contributed by atoms with Crippen molar-refractivity contribution < 1.29 is 0 Å². The lowest BCUT2D eigenvalue weighted by Gasteiger charge is -2.29. The van der Waals surface area contributed by atoms with Gasteiger partial charge in [-0.3, -0.25) is 4.90 Å². The van der Waals surface area contributed by atoms with Crippen LogP contribution in [0.4, 0.5) is 0 Å². The van der Waals surface area contributed by atoms with E-state index in [1.165, 1.54) is 58.0 Å². The zero-order chi connectivity index (χ0) is 12.2. The SMILES string of the molecule is C=CC(CC)N(CCCCC)CCCCC.Cl. The third kappa shape index (κ3) is 9.67. The molecule has 0 aliphatic carbocycles. The molecule has 0 bridgehead atoms. The third-order valence-electron chi connectivity index (χ3n) is 3.26. The summed E-state index contributed by atoms with van der Waals surface area (Å²) in [5.74, 6) is 0. The highest BCUT2D eigenvalue weighted by atomic mass is 35.5. The van der Waals surface area contributed by atoms with Crippen molar-refractivity contribution in [3.8, 4) is 0 Å². The molecule has 0 spiro atoms. The fourth-order valence-electron chi connectivity index (χ4n) is 2.15. The summed E-state index contributed by atoms with van der Waals surface area (Å²) in [5.41, 5.74) is 0. The van der Waals surface area contributed by atoms with Crippen molar-refractivity contribution in [3.63, 3.8) is 0 Å². The van der Waals surface area contributed by atoms with Crippen LogP contribution in [0.15, 0.2) is 12.7 Å². The van der Waals surface area contributed by atoms with Crippen LogP contribution >= 0.6 is 12.4 Å². The Kier molecular flexibility index (Phi) is 16.0. The van der Waals surface area contributed by atoms with Crippen molar-refractivity contribution in [2.75, 3.05) is 13.1 Å². The summed E-state index contributed by atoms with van der Waals surface area (Å²) < 4.78 is 0. The van der Waals surface area contributed by atoms with Gasteiger partial charge in [-0.2, -0.15) is 0 Å². The van der Waals surface area contributed by atoms with Gasteiger partial charge in [0.15, 0.2) is 0 Å². The average Bonchev–Trinajstić information content (AvgIpc) is 2.30. The lowest BCUT2D eigenvalue weighted by atomic mass is 10.1. The molecule has 0 heterocycles. The van der Waals surface area contributed by atoms with Crippen molar-refractivity contribution in [1.29, 1.82) is 0 Å². The highest BCUT2D eigenvalue weighted by Crippen LogP contribution is 2.10. The second-order valence-electron chi connectivity index (χ2n) is 4.66. The van der Waals surface area contributed by atoms with Crippen LogP contribution in [0, 0.1) is 0 Å². The van der Waals surface area contributed by atoms with Crippen LogP contribution in [0.1, 0.15) is 65.7 Å². The Hall–Kier alpha value is -0.0100. The molecule has 0 radical (unpaired) electrons. The Morgan fingerprint density at radius 1 is 0.941 bits per heavy atom. The molecule has 0 saturated heterocycles. The van der Waals surface area contributed by atoms with Crippen LogP contribution in [-0.2, 0) is 0 Å². The van der Waals surface area contributed by atoms with Gasteiger partial charge in [0.25, 0.3) is 0 Å². The van der Waals surface area contributed by atoms with E-state index in [1.54, 1.807) is 0 Å². The van der Waals surface area contributed by atoms with Gasteiger partial charge in [0, 0.05) is 6.04 Å². The lowest BCUT2D eigenvalue weighted by molar-refractivity contribution is 0.215. The first-order chi connectivity index (χ1) is 7.79. The summed E-state index contributed by atoms with van der Waals surface area (Å²) in [7, 11) is 0. The van der Waals surface area contributed by atoms with Crippen LogP contribution in [0.25, 0.3) is 0 Å². The molecule has 1 nitrogen and oxygen atoms in total. The molecular formula is C15H32ClN. The van der Waals surface area contributed by atoms with Gasteiger partial charge in [-0.15, -0.1) is 19.0 Å². The highest BCUT2D eigenvalue weighted by Gasteiger charge is 2.12. The molecule has 0 aromatic rings. The smallest absolute Gasteiger partial charge is 0.0272 e. The Balaban J connectivity index is 0. The summed E-state index contributed by atoms with van der Waals surface area (Å²) >= 11 is 0. The Bertz CT molecular complexity index is 149. The van der Waals surface area contributed by atoms with Crippen molar-refractivity contribution in [2.45, 2.75) is 71.8 Å². The van der Waals surface area contributed by atoms with Crippen LogP contribution < -0.4 is 0 Å². The standard InChI is InChI=1S/C15H31N.ClH/c1-5-9-11-13-16(14-12-10-6-2)15(7-3)8-4;/h7,15H,3,5-6,8-14H2,1-2,4H3;1H. The van der Waals surface area contributed by atoms with Crippen LogP contribution in [0.2, 0.25) is 0 Å². The Morgan fingerprint density at radius 2 is 1.41 bits per heavy atom. The van der Waals surface area contributed by atoms with Gasteiger partial charge in [-0.1, -0.05) is 52.5 Å². The van der Waals surface area contributed by atoms with Gasteiger partial charge >= 0.3 is 0 Å². The molecule has 0 aromatic carbocycles. The number of hydrogen-bond donors (Lipinski definition) is 0. The van der Waals surface area contributed by atoms with E-state index in [2.05, 4.69) is 38.3 Å². The summed E-state index contributed by atoms with van der Waals surface area (Å²) in [6.45, 7) is 13.3. The van der Waals surface area contributed by atoms with Gasteiger partial charge in [0.2, 0.25) is 0 Å². The van der Waals surface area contributed by atoms with E-state index in [-0.39, 0.29) is 12.4 Å². The molecule has 0 aliphatic rings. The number of unbranched alkanes of at least 4 members (excludes halogenated alkanes) is 4. The van der Waals surface area contributed by atoms with Gasteiger partial charge in [0.05, 0.1) is 0 Å². The summed E-state index contributed by atoms with van der Waals surface area (Å²) in [4.78, 5) is 2.62. The quantitative estimate of drug-likeness (QED) is 0.371. The largest absolute Gasteiger partial charge is 0.297 e. The molecule has 2 heteroatoms. The first kappa shape index (κ1) is 19.3. The van der Waals surface area contributed by atoms with E-state index in [9.17, 15) is 0 Å². The molecule has 0 rings (SSSR count). The van der Waals surface area contributed by atoms with Crippen molar-refractivity contribution >= 4 is 12.4 Å². The molecule has 0 aromatic heterocycles. The molecule has 0 saturated carbocycles. The Morgan fingerprint density at radius 3 is 1.71 bits per heavy atom. The molecule has 1 atom stereocenters. The fraction of sp³-hybridized carbons (Fsp3) is 0.867. The van der Waals surface area contributed by atoms with Crippen molar-refractivity contribution in [3.05, 3.63) is 12.7 Å². The minimum absolute atomic E-state index is 0. The number of halogens is 1. The minimum atomic E-state index is 0. The molecule has 0 aliphatic heterocycles. The van der Waals surface area contributed by atoms with Gasteiger partial charge < -0.3 is 0 Å². The fourth-order valence-corrected chi connectivity index (χ4v) is 2.15. The zero-order valence-corrected chi connectivity index (χ0v) is 12.9. The maximum Gasteiger partial charge on any atom is 0.0272 e. The van der Waals surface area contributed by atoms with Gasteiger partial charge in [-0.25, -0.2) is 0 Å². The Labute approximate surface area is 115 Å². The minimum Gasteiger partial charge on any atom is -0.297 e. The second-order valence-corrected chi connectivity index (χ2v) is 4.66. The molecular weight excluding hydrogens is 230 g/mol. The molecule has 17 heavy (non-hydrogen) atoms. The molecule has 0 amide bonds. The highest BCUT2D eigenvalue weighted by molar-refractivity contribution is 5.85. The van der Waals surface area contributed by atoms with E-state index >= 15 is 0 Å². The van der Waals surface area contributed by atoms with Crippen LogP contribution in [0.5, 0.6) is 0 Å². The lowest BCUT2D eigenvalue weighted by Crippen LogP contribution is -2.35. The van der Waals surface area contributed by atoms with Crippen LogP contribution in [0.3, 0.4) is 0 Å². The first-order valence-corrected chi connectivity index (χ1v) is 7.16. The molecule has 0 fully saturated rings. The number of nitrogens with zero attached hydrogens (tertiary/aromatic N) is 1. The number of hydrogen-bond acceptors (Lipinski definition) is 1. The predicted octanol–water partition coefficient (Wildman–Crippen LogP) is 5.06. The van der Waals surface area contributed by atoms with E-state index < -0.39 is 0 Å². The van der Waals surface area contributed by atoms with E-state index in [0.717, 1.165) is 0 Å². The van der Waals surface area contributed by atoms with Gasteiger partial charge in [0.1, 0.15) is 0 Å². The summed E-state index contributed by atoms with van der Waals surface area (Å²) in [6, 6.07) is 0.591. The topological polar surface area (TPSA) is 3.24 Å². The first-order valence-electron chi connectivity index (χ1n) is 7.16. The molecule has 0 N–H and O–H groups in total. The number of rotatable bonds is 11. The van der Waals surface area contributed by atoms with E-state index in [4.69, 9.17) is 0 Å². The second kappa shape index (κ2) is 14.1. The normalized spacial score (nSPS) is 12.2. The summed E-state index contributed by atoms with van der Waals surface area (Å²) in [5, 5.41) is 0. The van der Waals surface area contributed by atoms with E-state index in [0.29, 0.717) is 6.04 Å². The van der Waals surface area contributed by atoms with Gasteiger partial charge in [-0.05, 0) is 32.4 Å². The molecule has 104 valence electrons. The maximum absolute atomic E-state index is 3.97. The predicted molar refractivity (Wildman–Crippen MR) is 82.1 cm³/mol.